The summed E-state index contributed by atoms with van der Waals surface area (Å²) in [5.74, 6) is 0.927. The van der Waals surface area contributed by atoms with Gasteiger partial charge < -0.3 is 10.2 Å². The molecule has 0 saturated carbocycles. The Morgan fingerprint density at radius 1 is 1.19 bits per heavy atom. The van der Waals surface area contributed by atoms with Crippen LogP contribution in [0.3, 0.4) is 0 Å². The van der Waals surface area contributed by atoms with Crippen LogP contribution in [-0.4, -0.2) is 40.8 Å². The lowest BCUT2D eigenvalue weighted by molar-refractivity contribution is 0.477. The summed E-state index contributed by atoms with van der Waals surface area (Å²) in [4.78, 5) is 6.97. The van der Waals surface area contributed by atoms with Crippen LogP contribution in [0.5, 0.6) is 0 Å². The standard InChI is InChI=1S/C21H27N5/c1-4-22-21(25(2)15-17-14-24-26(3)16-17)23-13-12-19-10-7-9-18-8-5-6-11-20(18)19/h5-11,14,16H,4,12-13,15H2,1-3H3,(H,22,23). The topological polar surface area (TPSA) is 45.5 Å². The van der Waals surface area contributed by atoms with Gasteiger partial charge in [0.15, 0.2) is 5.96 Å². The largest absolute Gasteiger partial charge is 0.357 e. The Morgan fingerprint density at radius 2 is 2.00 bits per heavy atom. The van der Waals surface area contributed by atoms with Crippen molar-refractivity contribution < 1.29 is 0 Å². The van der Waals surface area contributed by atoms with Crippen molar-refractivity contribution in [2.24, 2.45) is 12.0 Å². The molecule has 0 amide bonds. The van der Waals surface area contributed by atoms with E-state index in [4.69, 9.17) is 4.99 Å². The summed E-state index contributed by atoms with van der Waals surface area (Å²) in [5, 5.41) is 10.2. The second kappa shape index (κ2) is 8.52. The first-order valence-corrected chi connectivity index (χ1v) is 9.11. The van der Waals surface area contributed by atoms with Gasteiger partial charge in [-0.25, -0.2) is 0 Å². The molecule has 5 nitrogen and oxygen atoms in total. The first-order valence-electron chi connectivity index (χ1n) is 9.11. The van der Waals surface area contributed by atoms with Crippen LogP contribution in [0.15, 0.2) is 59.9 Å². The number of hydrogen-bond acceptors (Lipinski definition) is 2. The number of rotatable bonds is 6. The second-order valence-electron chi connectivity index (χ2n) is 6.50. The maximum Gasteiger partial charge on any atom is 0.193 e. The SMILES string of the molecule is CCNC(=NCCc1cccc2ccccc12)N(C)Cc1cnn(C)c1. The molecule has 2 aromatic carbocycles. The first kappa shape index (κ1) is 18.0. The van der Waals surface area contributed by atoms with E-state index in [9.17, 15) is 0 Å². The monoisotopic (exact) mass is 349 g/mol. The molecule has 3 rings (SSSR count). The van der Waals surface area contributed by atoms with E-state index >= 15 is 0 Å². The smallest absolute Gasteiger partial charge is 0.193 e. The Kier molecular flexibility index (Phi) is 5.89. The summed E-state index contributed by atoms with van der Waals surface area (Å²) >= 11 is 0. The van der Waals surface area contributed by atoms with Crippen LogP contribution in [0.1, 0.15) is 18.1 Å². The molecule has 0 saturated heterocycles. The number of hydrogen-bond donors (Lipinski definition) is 1. The quantitative estimate of drug-likeness (QED) is 0.549. The molecule has 5 heteroatoms. The predicted octanol–water partition coefficient (Wildman–Crippen LogP) is 3.21. The number of aromatic nitrogens is 2. The van der Waals surface area contributed by atoms with Crippen LogP contribution in [0.2, 0.25) is 0 Å². The lowest BCUT2D eigenvalue weighted by Gasteiger charge is -2.21. The van der Waals surface area contributed by atoms with Crippen molar-refractivity contribution >= 4 is 16.7 Å². The third-order valence-electron chi connectivity index (χ3n) is 4.40. The summed E-state index contributed by atoms with van der Waals surface area (Å²) in [6.07, 6.45) is 4.86. The van der Waals surface area contributed by atoms with Gasteiger partial charge in [-0.1, -0.05) is 42.5 Å². The molecule has 136 valence electrons. The Labute approximate surface area is 155 Å². The van der Waals surface area contributed by atoms with E-state index in [0.29, 0.717) is 0 Å². The molecule has 0 atom stereocenters. The molecule has 1 aromatic heterocycles. The second-order valence-corrected chi connectivity index (χ2v) is 6.50. The summed E-state index contributed by atoms with van der Waals surface area (Å²) in [7, 11) is 4.00. The zero-order valence-corrected chi connectivity index (χ0v) is 15.8. The van der Waals surface area contributed by atoms with Crippen molar-refractivity contribution in [3.63, 3.8) is 0 Å². The predicted molar refractivity (Wildman–Crippen MR) is 108 cm³/mol. The molecule has 1 N–H and O–H groups in total. The molecule has 0 unspecified atom stereocenters. The fourth-order valence-corrected chi connectivity index (χ4v) is 3.16. The number of fused-ring (bicyclic) bond motifs is 1. The van der Waals surface area contributed by atoms with Crippen molar-refractivity contribution in [3.8, 4) is 0 Å². The summed E-state index contributed by atoms with van der Waals surface area (Å²) in [6, 6.07) is 15.0. The van der Waals surface area contributed by atoms with Crippen molar-refractivity contribution in [2.75, 3.05) is 20.1 Å². The maximum atomic E-state index is 4.82. The van der Waals surface area contributed by atoms with Crippen molar-refractivity contribution in [1.29, 1.82) is 0 Å². The lowest BCUT2D eigenvalue weighted by atomic mass is 10.0. The molecule has 0 aliphatic rings. The lowest BCUT2D eigenvalue weighted by Crippen LogP contribution is -2.38. The van der Waals surface area contributed by atoms with Crippen molar-refractivity contribution in [3.05, 3.63) is 66.0 Å². The molecule has 3 aromatic rings. The third-order valence-corrected chi connectivity index (χ3v) is 4.40. The number of aryl methyl sites for hydroxylation is 1. The highest BCUT2D eigenvalue weighted by atomic mass is 15.3. The molecule has 0 bridgehead atoms. The Bertz CT molecular complexity index is 875. The van der Waals surface area contributed by atoms with Gasteiger partial charge in [-0.05, 0) is 29.7 Å². The highest BCUT2D eigenvalue weighted by Crippen LogP contribution is 2.18. The van der Waals surface area contributed by atoms with Gasteiger partial charge in [-0.2, -0.15) is 5.10 Å². The first-order chi connectivity index (χ1) is 12.7. The van der Waals surface area contributed by atoms with Gasteiger partial charge >= 0.3 is 0 Å². The molecule has 26 heavy (non-hydrogen) atoms. The van der Waals surface area contributed by atoms with E-state index in [1.165, 1.54) is 21.9 Å². The number of guanidine groups is 1. The van der Waals surface area contributed by atoms with Crippen LogP contribution in [0.25, 0.3) is 10.8 Å². The van der Waals surface area contributed by atoms with E-state index in [1.807, 2.05) is 24.1 Å². The van der Waals surface area contributed by atoms with E-state index in [-0.39, 0.29) is 0 Å². The molecule has 0 radical (unpaired) electrons. The molecule has 0 aliphatic heterocycles. The van der Waals surface area contributed by atoms with Gasteiger partial charge in [0.05, 0.1) is 6.20 Å². The minimum absolute atomic E-state index is 0.758. The molecular weight excluding hydrogens is 322 g/mol. The summed E-state index contributed by atoms with van der Waals surface area (Å²) < 4.78 is 1.83. The fraction of sp³-hybridized carbons (Fsp3) is 0.333. The molecular formula is C21H27N5. The molecule has 0 aliphatic carbocycles. The van der Waals surface area contributed by atoms with E-state index in [0.717, 1.165) is 32.0 Å². The van der Waals surface area contributed by atoms with Gasteiger partial charge in [0, 0.05) is 45.5 Å². The van der Waals surface area contributed by atoms with Gasteiger partial charge in [0.1, 0.15) is 0 Å². The summed E-state index contributed by atoms with van der Waals surface area (Å²) in [6.45, 7) is 4.49. The van der Waals surface area contributed by atoms with Crippen LogP contribution in [0.4, 0.5) is 0 Å². The van der Waals surface area contributed by atoms with E-state index < -0.39 is 0 Å². The van der Waals surface area contributed by atoms with Crippen LogP contribution in [-0.2, 0) is 20.0 Å². The number of nitrogens with zero attached hydrogens (tertiary/aromatic N) is 4. The summed E-state index contributed by atoms with van der Waals surface area (Å²) in [5.41, 5.74) is 2.52. The molecule has 1 heterocycles. The number of benzene rings is 2. The van der Waals surface area contributed by atoms with Crippen LogP contribution < -0.4 is 5.32 Å². The average Bonchev–Trinajstić information content (AvgIpc) is 3.06. The zero-order valence-electron chi connectivity index (χ0n) is 15.8. The molecule has 0 spiro atoms. The minimum atomic E-state index is 0.758. The Morgan fingerprint density at radius 3 is 2.77 bits per heavy atom. The normalized spacial score (nSPS) is 11.7. The van der Waals surface area contributed by atoms with Gasteiger partial charge in [-0.3, -0.25) is 9.67 Å². The van der Waals surface area contributed by atoms with E-state index in [2.05, 4.69) is 71.8 Å². The van der Waals surface area contributed by atoms with Crippen molar-refractivity contribution in [1.82, 2.24) is 20.0 Å². The Balaban J connectivity index is 1.68. The highest BCUT2D eigenvalue weighted by Gasteiger charge is 2.08. The highest BCUT2D eigenvalue weighted by molar-refractivity contribution is 5.85. The van der Waals surface area contributed by atoms with Crippen molar-refractivity contribution in [2.45, 2.75) is 19.9 Å². The van der Waals surface area contributed by atoms with E-state index in [1.54, 1.807) is 0 Å². The van der Waals surface area contributed by atoms with Gasteiger partial charge in [0.25, 0.3) is 0 Å². The van der Waals surface area contributed by atoms with Gasteiger partial charge in [-0.15, -0.1) is 0 Å². The van der Waals surface area contributed by atoms with Crippen LogP contribution >= 0.6 is 0 Å². The molecule has 0 fully saturated rings. The number of nitrogens with one attached hydrogen (secondary N) is 1. The zero-order chi connectivity index (χ0) is 18.4. The minimum Gasteiger partial charge on any atom is -0.357 e. The maximum absolute atomic E-state index is 4.82. The number of aliphatic imine (C=N–C) groups is 1. The Hall–Kier alpha value is -2.82. The van der Waals surface area contributed by atoms with Gasteiger partial charge in [0.2, 0.25) is 0 Å². The third kappa shape index (κ3) is 4.42. The fourth-order valence-electron chi connectivity index (χ4n) is 3.16. The van der Waals surface area contributed by atoms with Crippen LogP contribution in [0, 0.1) is 0 Å². The average molecular weight is 349 g/mol.